The molecule has 1 aliphatic rings. The highest BCUT2D eigenvalue weighted by Gasteiger charge is 2.25. The Morgan fingerprint density at radius 3 is 2.12 bits per heavy atom. The minimum atomic E-state index is -3.45. The Kier molecular flexibility index (Phi) is 5.56. The van der Waals surface area contributed by atoms with E-state index < -0.39 is 10.0 Å². The van der Waals surface area contributed by atoms with Crippen LogP contribution in [-0.2, 0) is 10.0 Å². The number of nitrogens with zero attached hydrogens (tertiary/aromatic N) is 2. The smallest absolute Gasteiger partial charge is 0.243 e. The number of hydrogen-bond donors (Lipinski definition) is 2. The normalized spacial score (nSPS) is 15.2. The van der Waals surface area contributed by atoms with Crippen LogP contribution in [0.3, 0.4) is 0 Å². The van der Waals surface area contributed by atoms with Crippen LogP contribution < -0.4 is 5.32 Å². The van der Waals surface area contributed by atoms with Crippen molar-refractivity contribution in [3.63, 3.8) is 0 Å². The lowest BCUT2D eigenvalue weighted by Gasteiger charge is -2.26. The Bertz CT molecular complexity index is 1410. The second-order valence-electron chi connectivity index (χ2n) is 8.70. The lowest BCUT2D eigenvalue weighted by molar-refractivity contribution is 0.360. The molecule has 33 heavy (non-hydrogen) atoms. The van der Waals surface area contributed by atoms with E-state index in [4.69, 9.17) is 0 Å². The second-order valence-corrected chi connectivity index (χ2v) is 10.6. The van der Waals surface area contributed by atoms with Gasteiger partial charge in [-0.2, -0.15) is 4.31 Å². The molecule has 0 bridgehead atoms. The van der Waals surface area contributed by atoms with Crippen LogP contribution in [0.5, 0.6) is 0 Å². The summed E-state index contributed by atoms with van der Waals surface area (Å²) in [4.78, 5) is 8.42. The highest BCUT2D eigenvalue weighted by molar-refractivity contribution is 7.89. The first-order valence-electron chi connectivity index (χ1n) is 11.2. The van der Waals surface area contributed by atoms with Crippen molar-refractivity contribution in [2.75, 3.05) is 26.2 Å². The lowest BCUT2D eigenvalue weighted by Crippen LogP contribution is -2.46. The van der Waals surface area contributed by atoms with Crippen molar-refractivity contribution < 1.29 is 8.42 Å². The van der Waals surface area contributed by atoms with Gasteiger partial charge in [-0.15, -0.1) is 0 Å². The van der Waals surface area contributed by atoms with Crippen LogP contribution in [0, 0.1) is 20.8 Å². The number of piperazine rings is 1. The van der Waals surface area contributed by atoms with Crippen molar-refractivity contribution in [3.8, 4) is 22.4 Å². The second kappa shape index (κ2) is 8.41. The number of rotatable bonds is 4. The van der Waals surface area contributed by atoms with Crippen molar-refractivity contribution in [1.82, 2.24) is 19.6 Å². The fraction of sp³-hybridized carbons (Fsp3) is 0.269. The van der Waals surface area contributed by atoms with Gasteiger partial charge in [-0.1, -0.05) is 24.3 Å². The van der Waals surface area contributed by atoms with Gasteiger partial charge in [0.15, 0.2) is 0 Å². The number of nitrogens with one attached hydrogen (secondary N) is 2. The topological polar surface area (TPSA) is 78.1 Å². The maximum absolute atomic E-state index is 12.9. The Morgan fingerprint density at radius 2 is 1.45 bits per heavy atom. The average molecular weight is 461 g/mol. The molecule has 7 heteroatoms. The van der Waals surface area contributed by atoms with Crippen LogP contribution in [-0.4, -0.2) is 48.9 Å². The molecule has 0 radical (unpaired) electrons. The van der Waals surface area contributed by atoms with E-state index in [-0.39, 0.29) is 0 Å². The molecule has 0 amide bonds. The number of hydrogen-bond acceptors (Lipinski definition) is 4. The van der Waals surface area contributed by atoms with Crippen molar-refractivity contribution in [3.05, 3.63) is 71.5 Å². The van der Waals surface area contributed by atoms with Crippen molar-refractivity contribution in [2.24, 2.45) is 0 Å². The highest BCUT2D eigenvalue weighted by atomic mass is 32.2. The average Bonchev–Trinajstić information content (AvgIpc) is 3.15. The Labute approximate surface area is 194 Å². The molecule has 4 aromatic rings. The molecule has 3 heterocycles. The Hall–Kier alpha value is -3.00. The first-order chi connectivity index (χ1) is 15.8. The number of aromatic amines is 1. The zero-order valence-electron chi connectivity index (χ0n) is 19.1. The molecule has 0 saturated carbocycles. The number of H-pyrrole nitrogens is 1. The molecule has 0 aliphatic carbocycles. The molecule has 170 valence electrons. The summed E-state index contributed by atoms with van der Waals surface area (Å²) in [5, 5.41) is 4.37. The van der Waals surface area contributed by atoms with Crippen LogP contribution >= 0.6 is 0 Å². The molecule has 0 spiro atoms. The summed E-state index contributed by atoms with van der Waals surface area (Å²) in [6.07, 6.45) is 0. The standard InChI is InChI=1S/C26H28N4O2S/c1-17-14-22(15-18(2)28-17)26-19(3)24-9-6-21(16-25(24)29-26)20-4-7-23(8-5-20)33(31,32)30-12-10-27-11-13-30/h4-9,14-16,27,29H,10-13H2,1-3H3. The van der Waals surface area contributed by atoms with E-state index >= 15 is 0 Å². The summed E-state index contributed by atoms with van der Waals surface area (Å²) in [5.74, 6) is 0. The molecule has 2 N–H and O–H groups in total. The zero-order chi connectivity index (χ0) is 23.2. The minimum absolute atomic E-state index is 0.343. The van der Waals surface area contributed by atoms with E-state index in [9.17, 15) is 8.42 Å². The van der Waals surface area contributed by atoms with E-state index in [2.05, 4.69) is 52.5 Å². The van der Waals surface area contributed by atoms with Gasteiger partial charge in [0, 0.05) is 59.7 Å². The number of sulfonamides is 1. The monoisotopic (exact) mass is 460 g/mol. The minimum Gasteiger partial charge on any atom is -0.354 e. The summed E-state index contributed by atoms with van der Waals surface area (Å²) in [6, 6.07) is 17.8. The molecule has 5 rings (SSSR count). The molecular formula is C26H28N4O2S. The van der Waals surface area contributed by atoms with Crippen molar-refractivity contribution >= 4 is 20.9 Å². The van der Waals surface area contributed by atoms with Gasteiger partial charge in [-0.25, -0.2) is 8.42 Å². The van der Waals surface area contributed by atoms with E-state index in [1.54, 1.807) is 16.4 Å². The quantitative estimate of drug-likeness (QED) is 0.473. The van der Waals surface area contributed by atoms with Gasteiger partial charge < -0.3 is 10.3 Å². The Morgan fingerprint density at radius 1 is 0.818 bits per heavy atom. The molecular weight excluding hydrogens is 432 g/mol. The van der Waals surface area contributed by atoms with Crippen LogP contribution in [0.2, 0.25) is 0 Å². The van der Waals surface area contributed by atoms with Crippen molar-refractivity contribution in [1.29, 1.82) is 0 Å². The molecule has 1 saturated heterocycles. The van der Waals surface area contributed by atoms with Gasteiger partial charge in [0.05, 0.1) is 4.90 Å². The number of benzene rings is 2. The first-order valence-corrected chi connectivity index (χ1v) is 12.7. The van der Waals surface area contributed by atoms with E-state index in [1.165, 1.54) is 10.9 Å². The summed E-state index contributed by atoms with van der Waals surface area (Å²) in [7, 11) is -3.45. The number of fused-ring (bicyclic) bond motifs is 1. The zero-order valence-corrected chi connectivity index (χ0v) is 20.0. The van der Waals surface area contributed by atoms with Crippen molar-refractivity contribution in [2.45, 2.75) is 25.7 Å². The highest BCUT2D eigenvalue weighted by Crippen LogP contribution is 2.33. The molecule has 0 unspecified atom stereocenters. The molecule has 2 aromatic carbocycles. The third-order valence-electron chi connectivity index (χ3n) is 6.33. The SMILES string of the molecule is Cc1cc(-c2[nH]c3cc(-c4ccc(S(=O)(=O)N5CCNCC5)cc4)ccc3c2C)cc(C)n1. The fourth-order valence-electron chi connectivity index (χ4n) is 4.64. The molecule has 2 aromatic heterocycles. The molecule has 6 nitrogen and oxygen atoms in total. The first kappa shape index (κ1) is 21.8. The van der Waals surface area contributed by atoms with Crippen LogP contribution in [0.25, 0.3) is 33.3 Å². The summed E-state index contributed by atoms with van der Waals surface area (Å²) in [5.41, 5.74) is 8.54. The predicted octanol–water partition coefficient (Wildman–Crippen LogP) is 4.42. The summed E-state index contributed by atoms with van der Waals surface area (Å²) >= 11 is 0. The van der Waals surface area contributed by atoms with Gasteiger partial charge in [-0.05, 0) is 67.8 Å². The van der Waals surface area contributed by atoms with Gasteiger partial charge in [0.2, 0.25) is 10.0 Å². The summed E-state index contributed by atoms with van der Waals surface area (Å²) < 4.78 is 27.4. The molecule has 1 fully saturated rings. The predicted molar refractivity (Wildman–Crippen MR) is 133 cm³/mol. The lowest BCUT2D eigenvalue weighted by atomic mass is 10.0. The molecule has 0 atom stereocenters. The number of aromatic nitrogens is 2. The van der Waals surface area contributed by atoms with Gasteiger partial charge in [0.25, 0.3) is 0 Å². The van der Waals surface area contributed by atoms with Crippen LogP contribution in [0.1, 0.15) is 17.0 Å². The third kappa shape index (κ3) is 4.08. The van der Waals surface area contributed by atoms with Gasteiger partial charge in [-0.3, -0.25) is 4.98 Å². The van der Waals surface area contributed by atoms with E-state index in [0.29, 0.717) is 31.1 Å². The molecule has 1 aliphatic heterocycles. The summed E-state index contributed by atoms with van der Waals surface area (Å²) in [6.45, 7) is 8.55. The van der Waals surface area contributed by atoms with E-state index in [0.717, 1.165) is 39.3 Å². The number of pyridine rings is 1. The fourth-order valence-corrected chi connectivity index (χ4v) is 6.08. The largest absolute Gasteiger partial charge is 0.354 e. The maximum Gasteiger partial charge on any atom is 0.243 e. The van der Waals surface area contributed by atoms with E-state index in [1.807, 2.05) is 26.0 Å². The maximum atomic E-state index is 12.9. The van der Waals surface area contributed by atoms with Crippen LogP contribution in [0.4, 0.5) is 0 Å². The Balaban J connectivity index is 1.48. The van der Waals surface area contributed by atoms with Crippen LogP contribution in [0.15, 0.2) is 59.5 Å². The van der Waals surface area contributed by atoms with Gasteiger partial charge >= 0.3 is 0 Å². The number of aryl methyl sites for hydroxylation is 3. The van der Waals surface area contributed by atoms with Gasteiger partial charge in [0.1, 0.15) is 0 Å². The third-order valence-corrected chi connectivity index (χ3v) is 8.24.